The van der Waals surface area contributed by atoms with Crippen LogP contribution >= 0.6 is 23.4 Å². The van der Waals surface area contributed by atoms with E-state index >= 15 is 0 Å². The molecular weight excluding hydrogens is 382 g/mol. The minimum Gasteiger partial charge on any atom is -0.451 e. The fraction of sp³-hybridized carbons (Fsp3) is 0.150. The Bertz CT molecular complexity index is 1160. The quantitative estimate of drug-likeness (QED) is 0.366. The fourth-order valence-corrected chi connectivity index (χ4v) is 3.81. The summed E-state index contributed by atoms with van der Waals surface area (Å²) in [4.78, 5) is 21.3. The van der Waals surface area contributed by atoms with Crippen LogP contribution in [-0.2, 0) is 4.79 Å². The third kappa shape index (κ3) is 3.38. The molecule has 1 atom stereocenters. The molecule has 0 unspecified atom stereocenters. The number of aromatic nitrogens is 2. The van der Waals surface area contributed by atoms with E-state index in [0.717, 1.165) is 22.0 Å². The van der Waals surface area contributed by atoms with Gasteiger partial charge in [0.25, 0.3) is 0 Å². The van der Waals surface area contributed by atoms with Crippen LogP contribution in [0.5, 0.6) is 0 Å². The first-order chi connectivity index (χ1) is 13.0. The normalized spacial score (nSPS) is 12.4. The van der Waals surface area contributed by atoms with E-state index in [1.807, 2.05) is 50.2 Å². The number of para-hydroxylation sites is 1. The maximum Gasteiger partial charge on any atom is 0.237 e. The summed E-state index contributed by atoms with van der Waals surface area (Å²) in [5, 5.41) is 4.74. The summed E-state index contributed by atoms with van der Waals surface area (Å²) >= 11 is 7.46. The number of nitrogens with one attached hydrogen (secondary N) is 1. The monoisotopic (exact) mass is 397 g/mol. The Balaban J connectivity index is 1.60. The molecule has 4 aromatic rings. The van der Waals surface area contributed by atoms with Gasteiger partial charge in [-0.1, -0.05) is 41.6 Å². The number of hydrogen-bond donors (Lipinski definition) is 1. The van der Waals surface area contributed by atoms with Gasteiger partial charge >= 0.3 is 0 Å². The highest BCUT2D eigenvalue weighted by Crippen LogP contribution is 2.34. The fourth-order valence-electron chi connectivity index (χ4n) is 2.78. The lowest BCUT2D eigenvalue weighted by Crippen LogP contribution is -2.23. The lowest BCUT2D eigenvalue weighted by atomic mass is 10.2. The van der Waals surface area contributed by atoms with Crippen molar-refractivity contribution in [1.82, 2.24) is 9.97 Å². The van der Waals surface area contributed by atoms with Gasteiger partial charge in [-0.25, -0.2) is 9.97 Å². The zero-order valence-electron chi connectivity index (χ0n) is 14.7. The number of nitrogens with zero attached hydrogens (tertiary/aromatic N) is 2. The first-order valence-corrected chi connectivity index (χ1v) is 9.65. The molecule has 0 saturated carbocycles. The van der Waals surface area contributed by atoms with Crippen LogP contribution in [0, 0.1) is 6.92 Å². The number of anilines is 1. The molecule has 0 bridgehead atoms. The summed E-state index contributed by atoms with van der Waals surface area (Å²) in [5.41, 5.74) is 3.65. The number of carbonyl (C=O) groups excluding carboxylic acids is 1. The molecule has 4 rings (SSSR count). The van der Waals surface area contributed by atoms with E-state index in [0.29, 0.717) is 21.3 Å². The van der Waals surface area contributed by atoms with E-state index in [4.69, 9.17) is 16.0 Å². The molecule has 0 aliphatic carbocycles. The third-order valence-electron chi connectivity index (χ3n) is 4.31. The van der Waals surface area contributed by atoms with Gasteiger partial charge < -0.3 is 9.73 Å². The van der Waals surface area contributed by atoms with Crippen molar-refractivity contribution in [2.75, 3.05) is 5.32 Å². The van der Waals surface area contributed by atoms with E-state index in [1.165, 1.54) is 18.1 Å². The van der Waals surface area contributed by atoms with Crippen LogP contribution in [0.15, 0.2) is 58.2 Å². The second kappa shape index (κ2) is 7.21. The summed E-state index contributed by atoms with van der Waals surface area (Å²) in [7, 11) is 0. The van der Waals surface area contributed by atoms with Crippen LogP contribution < -0.4 is 5.32 Å². The smallest absolute Gasteiger partial charge is 0.237 e. The van der Waals surface area contributed by atoms with Gasteiger partial charge in [0.2, 0.25) is 5.91 Å². The maximum atomic E-state index is 12.6. The first-order valence-electron chi connectivity index (χ1n) is 8.39. The van der Waals surface area contributed by atoms with Crippen molar-refractivity contribution in [1.29, 1.82) is 0 Å². The van der Waals surface area contributed by atoms with Crippen LogP contribution in [0.25, 0.3) is 22.1 Å². The average molecular weight is 398 g/mol. The summed E-state index contributed by atoms with van der Waals surface area (Å²) in [6, 6.07) is 13.1. The Labute approximate surface area is 165 Å². The summed E-state index contributed by atoms with van der Waals surface area (Å²) in [6.45, 7) is 3.70. The Morgan fingerprint density at radius 2 is 2.00 bits per heavy atom. The van der Waals surface area contributed by atoms with Crippen LogP contribution in [0.4, 0.5) is 5.69 Å². The summed E-state index contributed by atoms with van der Waals surface area (Å²) in [5.74, 6) is -0.131. The highest BCUT2D eigenvalue weighted by atomic mass is 35.5. The van der Waals surface area contributed by atoms with Crippen molar-refractivity contribution in [3.05, 3.63) is 59.4 Å². The highest BCUT2D eigenvalue weighted by Gasteiger charge is 2.20. The SMILES string of the molecule is Cc1c(Cl)cccc1NC(=O)[C@H](C)Sc1ncnc2c1oc1ccccc12. The van der Waals surface area contributed by atoms with Gasteiger partial charge in [0, 0.05) is 16.1 Å². The molecular formula is C20H16ClN3O2S. The van der Waals surface area contributed by atoms with E-state index in [1.54, 1.807) is 6.07 Å². The van der Waals surface area contributed by atoms with E-state index < -0.39 is 0 Å². The molecule has 2 aromatic heterocycles. The van der Waals surface area contributed by atoms with Crippen LogP contribution in [-0.4, -0.2) is 21.1 Å². The largest absolute Gasteiger partial charge is 0.451 e. The highest BCUT2D eigenvalue weighted by molar-refractivity contribution is 8.00. The number of fused-ring (bicyclic) bond motifs is 3. The van der Waals surface area contributed by atoms with Crippen molar-refractivity contribution in [2.24, 2.45) is 0 Å². The first kappa shape index (κ1) is 17.8. The molecule has 0 radical (unpaired) electrons. The van der Waals surface area contributed by atoms with Crippen molar-refractivity contribution in [3.63, 3.8) is 0 Å². The van der Waals surface area contributed by atoms with Gasteiger partial charge in [0.15, 0.2) is 5.58 Å². The lowest BCUT2D eigenvalue weighted by molar-refractivity contribution is -0.115. The van der Waals surface area contributed by atoms with Crippen LogP contribution in [0.1, 0.15) is 12.5 Å². The molecule has 0 spiro atoms. The second-order valence-electron chi connectivity index (χ2n) is 6.12. The lowest BCUT2D eigenvalue weighted by Gasteiger charge is -2.13. The predicted octanol–water partition coefficient (Wildman–Crippen LogP) is 5.46. The molecule has 136 valence electrons. The Morgan fingerprint density at radius 1 is 1.19 bits per heavy atom. The number of amides is 1. The number of rotatable bonds is 4. The number of furan rings is 1. The molecule has 5 nitrogen and oxygen atoms in total. The van der Waals surface area contributed by atoms with Gasteiger partial charge in [-0.05, 0) is 43.7 Å². The standard InChI is InChI=1S/C20H16ClN3O2S/c1-11-14(21)7-5-8-15(11)24-19(25)12(2)27-20-18-17(22-10-23-20)13-6-3-4-9-16(13)26-18/h3-10,12H,1-2H3,(H,24,25)/t12-/m0/s1. The number of thioether (sulfide) groups is 1. The number of hydrogen-bond acceptors (Lipinski definition) is 5. The molecule has 27 heavy (non-hydrogen) atoms. The predicted molar refractivity (Wildman–Crippen MR) is 109 cm³/mol. The number of carbonyl (C=O) groups is 1. The van der Waals surface area contributed by atoms with Gasteiger partial charge in [0.1, 0.15) is 22.5 Å². The summed E-state index contributed by atoms with van der Waals surface area (Å²) < 4.78 is 5.92. The van der Waals surface area contributed by atoms with Gasteiger partial charge in [-0.3, -0.25) is 4.79 Å². The van der Waals surface area contributed by atoms with Gasteiger partial charge in [0.05, 0.1) is 5.25 Å². The molecule has 7 heteroatoms. The molecule has 0 fully saturated rings. The third-order valence-corrected chi connectivity index (χ3v) is 5.80. The second-order valence-corrected chi connectivity index (χ2v) is 7.85. The summed E-state index contributed by atoms with van der Waals surface area (Å²) in [6.07, 6.45) is 1.50. The molecule has 0 saturated heterocycles. The molecule has 0 aliphatic rings. The van der Waals surface area contributed by atoms with E-state index in [2.05, 4.69) is 15.3 Å². The van der Waals surface area contributed by atoms with Crippen molar-refractivity contribution >= 4 is 57.0 Å². The zero-order chi connectivity index (χ0) is 19.0. The van der Waals surface area contributed by atoms with Gasteiger partial charge in [-0.15, -0.1) is 0 Å². The Morgan fingerprint density at radius 3 is 2.85 bits per heavy atom. The Hall–Kier alpha value is -2.57. The molecule has 2 heterocycles. The van der Waals surface area contributed by atoms with Crippen molar-refractivity contribution in [3.8, 4) is 0 Å². The van der Waals surface area contributed by atoms with Crippen LogP contribution in [0.2, 0.25) is 5.02 Å². The van der Waals surface area contributed by atoms with E-state index in [9.17, 15) is 4.79 Å². The molecule has 2 aromatic carbocycles. The minimum absolute atomic E-state index is 0.131. The molecule has 0 aliphatic heterocycles. The van der Waals surface area contributed by atoms with E-state index in [-0.39, 0.29) is 11.2 Å². The zero-order valence-corrected chi connectivity index (χ0v) is 16.3. The van der Waals surface area contributed by atoms with Crippen LogP contribution in [0.3, 0.4) is 0 Å². The maximum absolute atomic E-state index is 12.6. The molecule has 1 amide bonds. The minimum atomic E-state index is -0.380. The Kier molecular flexibility index (Phi) is 4.76. The number of halogens is 1. The number of benzene rings is 2. The molecule has 1 N–H and O–H groups in total. The van der Waals surface area contributed by atoms with Crippen molar-refractivity contribution in [2.45, 2.75) is 24.1 Å². The topological polar surface area (TPSA) is 68.0 Å². The average Bonchev–Trinajstić information content (AvgIpc) is 3.05. The van der Waals surface area contributed by atoms with Gasteiger partial charge in [-0.2, -0.15) is 0 Å². The van der Waals surface area contributed by atoms with Crippen molar-refractivity contribution < 1.29 is 9.21 Å².